The number of β-lactam (4-membered cyclic amide) rings is 1. The number of aliphatic carboxylic acids is 1. The highest BCUT2D eigenvalue weighted by Gasteiger charge is 2.58. The van der Waals surface area contributed by atoms with Gasteiger partial charge in [-0.05, 0) is 44.3 Å². The number of hydrogen-bond acceptors (Lipinski definition) is 5. The van der Waals surface area contributed by atoms with Gasteiger partial charge in [0.15, 0.2) is 8.32 Å². The number of carboxylic acids is 1. The first-order chi connectivity index (χ1) is 13.1. The summed E-state index contributed by atoms with van der Waals surface area (Å²) in [6, 6.07) is 7.59. The Morgan fingerprint density at radius 1 is 1.32 bits per heavy atom. The Balaban J connectivity index is 1.72. The van der Waals surface area contributed by atoms with E-state index in [1.54, 1.807) is 0 Å². The molecule has 2 aliphatic heterocycles. The molecule has 6 nitrogen and oxygen atoms in total. The van der Waals surface area contributed by atoms with Crippen molar-refractivity contribution in [2.45, 2.75) is 43.4 Å². The zero-order chi connectivity index (χ0) is 20.6. The van der Waals surface area contributed by atoms with Crippen molar-refractivity contribution in [2.75, 3.05) is 6.61 Å². The van der Waals surface area contributed by atoms with Crippen LogP contribution in [0.4, 0.5) is 0 Å². The molecule has 152 valence electrons. The number of carbonyl (C=O) groups is 2. The first-order valence-corrected chi connectivity index (χ1v) is 14.4. The van der Waals surface area contributed by atoms with Crippen LogP contribution in [0.5, 0.6) is 5.75 Å². The number of hydrogen-bond donors (Lipinski definition) is 1. The van der Waals surface area contributed by atoms with Crippen LogP contribution in [-0.4, -0.2) is 48.3 Å². The molecule has 3 atom stereocenters. The van der Waals surface area contributed by atoms with Crippen molar-refractivity contribution in [1.82, 2.24) is 4.90 Å². The molecule has 28 heavy (non-hydrogen) atoms. The quantitative estimate of drug-likeness (QED) is 0.340. The van der Waals surface area contributed by atoms with E-state index in [0.717, 1.165) is 10.9 Å². The van der Waals surface area contributed by atoms with Crippen LogP contribution in [0.25, 0.3) is 0 Å². The number of rotatable bonds is 8. The van der Waals surface area contributed by atoms with E-state index in [1.807, 2.05) is 31.2 Å². The van der Waals surface area contributed by atoms with Crippen molar-refractivity contribution in [3.8, 4) is 5.75 Å². The fraction of sp³-hybridized carbons (Fsp3) is 0.474. The molecule has 1 fully saturated rings. The molecule has 2 aliphatic rings. The molecule has 0 radical (unpaired) electrons. The minimum atomic E-state index is -1.80. The van der Waals surface area contributed by atoms with Gasteiger partial charge in [-0.1, -0.05) is 39.8 Å². The van der Waals surface area contributed by atoms with Crippen molar-refractivity contribution in [3.63, 3.8) is 0 Å². The van der Waals surface area contributed by atoms with E-state index in [2.05, 4.69) is 35.6 Å². The third-order valence-electron chi connectivity index (χ3n) is 4.55. The van der Waals surface area contributed by atoms with Gasteiger partial charge in [0.05, 0.1) is 16.9 Å². The van der Waals surface area contributed by atoms with E-state index in [4.69, 9.17) is 9.16 Å². The SMILES string of the molecule is C[C@@H](O[Si](C)(C)C)[C@H]1C(=O)N2C(C(=O)O)=C(COc3ccc(CBr)cc3)S[C@H]12. The third-order valence-corrected chi connectivity index (χ3v) is 7.62. The summed E-state index contributed by atoms with van der Waals surface area (Å²) >= 11 is 4.79. The van der Waals surface area contributed by atoms with Crippen LogP contribution >= 0.6 is 27.7 Å². The van der Waals surface area contributed by atoms with E-state index in [-0.39, 0.29) is 35.6 Å². The molecule has 0 bridgehead atoms. The normalized spacial score (nSPS) is 22.8. The molecule has 3 rings (SSSR count). The number of carboxylic acid groups (broad SMARTS) is 1. The van der Waals surface area contributed by atoms with Crippen molar-refractivity contribution in [1.29, 1.82) is 0 Å². The van der Waals surface area contributed by atoms with Crippen LogP contribution in [-0.2, 0) is 19.3 Å². The number of ether oxygens (including phenoxy) is 1. The van der Waals surface area contributed by atoms with Gasteiger partial charge >= 0.3 is 5.97 Å². The van der Waals surface area contributed by atoms with Gasteiger partial charge < -0.3 is 14.3 Å². The van der Waals surface area contributed by atoms with E-state index in [9.17, 15) is 14.7 Å². The number of fused-ring (bicyclic) bond motifs is 1. The molecule has 1 aromatic carbocycles. The van der Waals surface area contributed by atoms with Gasteiger partial charge in [-0.2, -0.15) is 0 Å². The average Bonchev–Trinajstić information content (AvgIpc) is 2.93. The lowest BCUT2D eigenvalue weighted by molar-refractivity contribution is -0.156. The predicted octanol–water partition coefficient (Wildman–Crippen LogP) is 4.03. The average molecular weight is 486 g/mol. The van der Waals surface area contributed by atoms with Gasteiger partial charge in [0.1, 0.15) is 23.4 Å². The summed E-state index contributed by atoms with van der Waals surface area (Å²) in [5.74, 6) is -0.956. The van der Waals surface area contributed by atoms with Crippen LogP contribution in [0.1, 0.15) is 12.5 Å². The maximum atomic E-state index is 12.7. The molecule has 0 aliphatic carbocycles. The Morgan fingerprint density at radius 3 is 2.50 bits per heavy atom. The number of amides is 1. The Labute approximate surface area is 178 Å². The highest BCUT2D eigenvalue weighted by atomic mass is 79.9. The van der Waals surface area contributed by atoms with Crippen molar-refractivity contribution >= 4 is 47.9 Å². The van der Waals surface area contributed by atoms with Crippen LogP contribution < -0.4 is 4.74 Å². The summed E-state index contributed by atoms with van der Waals surface area (Å²) in [6.45, 7) is 8.25. The number of thioether (sulfide) groups is 1. The van der Waals surface area contributed by atoms with Gasteiger partial charge in [-0.25, -0.2) is 4.79 Å². The zero-order valence-electron chi connectivity index (χ0n) is 16.3. The lowest BCUT2D eigenvalue weighted by Crippen LogP contribution is -2.62. The monoisotopic (exact) mass is 485 g/mol. The highest BCUT2D eigenvalue weighted by Crippen LogP contribution is 2.51. The van der Waals surface area contributed by atoms with Crippen molar-refractivity contribution in [2.24, 2.45) is 5.92 Å². The standard InChI is InChI=1S/C19H24BrNO5SSi/c1-11(26-28(2,3)4)15-17(22)21-16(19(23)24)14(27-18(15)21)10-25-13-7-5-12(9-20)6-8-13/h5-8,11,15,18H,9-10H2,1-4H3,(H,23,24)/t11-,15+,18-/m1/s1. The predicted molar refractivity (Wildman–Crippen MR) is 115 cm³/mol. The van der Waals surface area contributed by atoms with Crippen molar-refractivity contribution in [3.05, 3.63) is 40.4 Å². The molecular weight excluding hydrogens is 462 g/mol. The van der Waals surface area contributed by atoms with E-state index < -0.39 is 14.3 Å². The van der Waals surface area contributed by atoms with E-state index >= 15 is 0 Å². The summed E-state index contributed by atoms with van der Waals surface area (Å²) in [4.78, 5) is 26.4. The molecule has 9 heteroatoms. The lowest BCUT2D eigenvalue weighted by atomic mass is 9.92. The Hall–Kier alpha value is -1.29. The Kier molecular flexibility index (Phi) is 6.28. The number of nitrogens with zero attached hydrogens (tertiary/aromatic N) is 1. The summed E-state index contributed by atoms with van der Waals surface area (Å²) in [5.41, 5.74) is 1.16. The second-order valence-corrected chi connectivity index (χ2v) is 14.1. The fourth-order valence-corrected chi connectivity index (χ4v) is 6.55. The van der Waals surface area contributed by atoms with Gasteiger partial charge in [0, 0.05) is 5.33 Å². The van der Waals surface area contributed by atoms with Crippen LogP contribution in [0.3, 0.4) is 0 Å². The summed E-state index contributed by atoms with van der Waals surface area (Å²) < 4.78 is 11.9. The third kappa shape index (κ3) is 4.32. The van der Waals surface area contributed by atoms with Gasteiger partial charge in [-0.3, -0.25) is 9.69 Å². The molecule has 1 aromatic rings. The summed E-state index contributed by atoms with van der Waals surface area (Å²) in [6.07, 6.45) is -0.236. The van der Waals surface area contributed by atoms with Gasteiger partial charge in [-0.15, -0.1) is 0 Å². The van der Waals surface area contributed by atoms with Crippen molar-refractivity contribution < 1.29 is 23.9 Å². The maximum Gasteiger partial charge on any atom is 0.353 e. The molecule has 0 saturated carbocycles. The van der Waals surface area contributed by atoms with Crippen LogP contribution in [0.15, 0.2) is 34.9 Å². The van der Waals surface area contributed by atoms with E-state index in [1.165, 1.54) is 16.7 Å². The second kappa shape index (κ2) is 8.21. The number of alkyl halides is 1. The maximum absolute atomic E-state index is 12.7. The van der Waals surface area contributed by atoms with Gasteiger partial charge in [0.2, 0.25) is 5.91 Å². The second-order valence-electron chi connectivity index (χ2n) is 7.82. The Bertz CT molecular complexity index is 808. The smallest absolute Gasteiger partial charge is 0.353 e. The number of halogens is 1. The first kappa shape index (κ1) is 21.4. The minimum Gasteiger partial charge on any atom is -0.488 e. The molecule has 1 N–H and O–H groups in total. The number of carbonyl (C=O) groups excluding carboxylic acids is 1. The lowest BCUT2D eigenvalue weighted by Gasteiger charge is -2.46. The first-order valence-electron chi connectivity index (χ1n) is 9.04. The fourth-order valence-electron chi connectivity index (χ4n) is 3.40. The molecule has 0 aromatic heterocycles. The van der Waals surface area contributed by atoms with Crippen LogP contribution in [0.2, 0.25) is 19.6 Å². The van der Waals surface area contributed by atoms with Crippen LogP contribution in [0, 0.1) is 5.92 Å². The largest absolute Gasteiger partial charge is 0.488 e. The molecule has 0 spiro atoms. The summed E-state index contributed by atoms with van der Waals surface area (Å²) in [7, 11) is -1.80. The molecule has 1 amide bonds. The van der Waals surface area contributed by atoms with E-state index in [0.29, 0.717) is 10.7 Å². The molecule has 1 saturated heterocycles. The minimum absolute atomic E-state index is 0.0357. The topological polar surface area (TPSA) is 76.1 Å². The molecule has 2 heterocycles. The number of benzene rings is 1. The summed E-state index contributed by atoms with van der Waals surface area (Å²) in [5, 5.41) is 10.2. The zero-order valence-corrected chi connectivity index (χ0v) is 19.7. The Morgan fingerprint density at radius 2 is 1.96 bits per heavy atom. The molecule has 0 unspecified atom stereocenters. The molecular formula is C19H24BrNO5SSi. The highest BCUT2D eigenvalue weighted by molar-refractivity contribution is 9.08. The van der Waals surface area contributed by atoms with Gasteiger partial charge in [0.25, 0.3) is 0 Å².